The van der Waals surface area contributed by atoms with E-state index in [4.69, 9.17) is 4.55 Å². The van der Waals surface area contributed by atoms with Gasteiger partial charge in [0.1, 0.15) is 5.78 Å². The van der Waals surface area contributed by atoms with Crippen molar-refractivity contribution in [2.45, 2.75) is 26.7 Å². The van der Waals surface area contributed by atoms with Gasteiger partial charge >= 0.3 is 0 Å². The summed E-state index contributed by atoms with van der Waals surface area (Å²) in [4.78, 5) is 24.0. The minimum Gasteiger partial charge on any atom is -0.345 e. The fourth-order valence-corrected chi connectivity index (χ4v) is 1.59. The average Bonchev–Trinajstić information content (AvgIpc) is 2.20. The molecule has 0 aromatic rings. The van der Waals surface area contributed by atoms with E-state index in [0.29, 0.717) is 0 Å². The fourth-order valence-electron chi connectivity index (χ4n) is 1.09. The Morgan fingerprint density at radius 2 is 1.76 bits per heavy atom. The van der Waals surface area contributed by atoms with Gasteiger partial charge in [0.2, 0.25) is 5.91 Å². The van der Waals surface area contributed by atoms with Crippen LogP contribution >= 0.6 is 0 Å². The molecular formula is C10H19NO5S. The van der Waals surface area contributed by atoms with Crippen LogP contribution < -0.4 is 0 Å². The summed E-state index contributed by atoms with van der Waals surface area (Å²) in [6.45, 7) is 3.44. The number of carbonyl (C=O) groups is 2. The maximum Gasteiger partial charge on any atom is 0.266 e. The highest BCUT2D eigenvalue weighted by molar-refractivity contribution is 7.85. The first-order chi connectivity index (χ1) is 7.63. The van der Waals surface area contributed by atoms with Crippen molar-refractivity contribution in [2.75, 3.05) is 19.3 Å². The quantitative estimate of drug-likeness (QED) is 0.670. The maximum absolute atomic E-state index is 11.5. The maximum atomic E-state index is 11.5. The van der Waals surface area contributed by atoms with E-state index in [1.165, 1.54) is 11.9 Å². The predicted octanol–water partition coefficient (Wildman–Crippen LogP) is 0.338. The van der Waals surface area contributed by atoms with Gasteiger partial charge in [0.05, 0.1) is 5.75 Å². The second-order valence-corrected chi connectivity index (χ2v) is 5.79. The molecule has 0 saturated carbocycles. The minimum atomic E-state index is -4.06. The molecule has 0 bridgehead atoms. The predicted molar refractivity (Wildman–Crippen MR) is 63.1 cm³/mol. The molecule has 0 aliphatic carbocycles. The standard InChI is InChI=1S/C10H19NO5S/c1-8(2)9(12)4-5-10(13)11(3)6-7-17(14,15)16/h8H,4-7H2,1-3H3,(H,14,15,16). The van der Waals surface area contributed by atoms with Crippen LogP contribution in [0.5, 0.6) is 0 Å². The van der Waals surface area contributed by atoms with Gasteiger partial charge in [-0.2, -0.15) is 8.42 Å². The van der Waals surface area contributed by atoms with Gasteiger partial charge in [0, 0.05) is 32.4 Å². The summed E-state index contributed by atoms with van der Waals surface area (Å²) in [5.74, 6) is -0.900. The van der Waals surface area contributed by atoms with Crippen LogP contribution in [-0.2, 0) is 19.7 Å². The van der Waals surface area contributed by atoms with Gasteiger partial charge in [-0.1, -0.05) is 13.8 Å². The van der Waals surface area contributed by atoms with Crippen LogP contribution in [0.15, 0.2) is 0 Å². The summed E-state index contributed by atoms with van der Waals surface area (Å²) in [5, 5.41) is 0. The summed E-state index contributed by atoms with van der Waals surface area (Å²) in [7, 11) is -2.62. The SMILES string of the molecule is CC(C)C(=O)CCC(=O)N(C)CCS(=O)(=O)O. The Morgan fingerprint density at radius 1 is 1.24 bits per heavy atom. The molecule has 1 N–H and O–H groups in total. The molecule has 0 aliphatic heterocycles. The molecule has 17 heavy (non-hydrogen) atoms. The van der Waals surface area contributed by atoms with E-state index in [2.05, 4.69) is 0 Å². The molecule has 0 saturated heterocycles. The van der Waals surface area contributed by atoms with Crippen LogP contribution in [0.4, 0.5) is 0 Å². The van der Waals surface area contributed by atoms with Crippen LogP contribution in [0.25, 0.3) is 0 Å². The molecule has 6 nitrogen and oxygen atoms in total. The van der Waals surface area contributed by atoms with Gasteiger partial charge in [-0.3, -0.25) is 14.1 Å². The van der Waals surface area contributed by atoms with Gasteiger partial charge in [0.25, 0.3) is 10.1 Å². The highest BCUT2D eigenvalue weighted by Gasteiger charge is 2.15. The lowest BCUT2D eigenvalue weighted by molar-refractivity contribution is -0.132. The van der Waals surface area contributed by atoms with Crippen molar-refractivity contribution >= 4 is 21.8 Å². The molecule has 7 heteroatoms. The lowest BCUT2D eigenvalue weighted by Gasteiger charge is -2.16. The van der Waals surface area contributed by atoms with Gasteiger partial charge in [-0.25, -0.2) is 0 Å². The first kappa shape index (κ1) is 16.1. The molecular weight excluding hydrogens is 246 g/mol. The monoisotopic (exact) mass is 265 g/mol. The number of nitrogens with zero attached hydrogens (tertiary/aromatic N) is 1. The lowest BCUT2D eigenvalue weighted by Crippen LogP contribution is -2.31. The fraction of sp³-hybridized carbons (Fsp3) is 0.800. The van der Waals surface area contributed by atoms with Crippen molar-refractivity contribution in [2.24, 2.45) is 5.92 Å². The van der Waals surface area contributed by atoms with E-state index >= 15 is 0 Å². The van der Waals surface area contributed by atoms with Crippen LogP contribution in [0.2, 0.25) is 0 Å². The zero-order valence-corrected chi connectivity index (χ0v) is 11.2. The summed E-state index contributed by atoms with van der Waals surface area (Å²) in [5.41, 5.74) is 0. The molecule has 0 unspecified atom stereocenters. The highest BCUT2D eigenvalue weighted by Crippen LogP contribution is 2.03. The Kier molecular flexibility index (Phi) is 6.33. The molecule has 0 aromatic carbocycles. The molecule has 0 rings (SSSR count). The largest absolute Gasteiger partial charge is 0.345 e. The van der Waals surface area contributed by atoms with E-state index in [0.717, 1.165) is 0 Å². The summed E-state index contributed by atoms with van der Waals surface area (Å²) < 4.78 is 29.5. The van der Waals surface area contributed by atoms with Crippen molar-refractivity contribution < 1.29 is 22.6 Å². The van der Waals surface area contributed by atoms with Gasteiger partial charge in [-0.05, 0) is 0 Å². The zero-order valence-electron chi connectivity index (χ0n) is 10.3. The van der Waals surface area contributed by atoms with Crippen LogP contribution in [-0.4, -0.2) is 48.9 Å². The number of rotatable bonds is 7. The topological polar surface area (TPSA) is 91.8 Å². The normalized spacial score (nSPS) is 11.6. The highest BCUT2D eigenvalue weighted by atomic mass is 32.2. The molecule has 0 fully saturated rings. The molecule has 0 heterocycles. The molecule has 0 aromatic heterocycles. The third-order valence-electron chi connectivity index (χ3n) is 2.34. The van der Waals surface area contributed by atoms with Gasteiger partial charge < -0.3 is 4.90 Å². The van der Waals surface area contributed by atoms with Crippen LogP contribution in [0, 0.1) is 5.92 Å². The van der Waals surface area contributed by atoms with Crippen molar-refractivity contribution in [3.8, 4) is 0 Å². The zero-order chi connectivity index (χ0) is 13.6. The first-order valence-electron chi connectivity index (χ1n) is 5.35. The molecule has 0 aliphatic rings. The third kappa shape index (κ3) is 7.87. The Morgan fingerprint density at radius 3 is 2.18 bits per heavy atom. The van der Waals surface area contributed by atoms with Crippen molar-refractivity contribution in [3.05, 3.63) is 0 Å². The molecule has 1 amide bonds. The van der Waals surface area contributed by atoms with E-state index in [-0.39, 0.29) is 37.0 Å². The Labute approximate surface area is 102 Å². The van der Waals surface area contributed by atoms with E-state index in [1.54, 1.807) is 13.8 Å². The third-order valence-corrected chi connectivity index (χ3v) is 3.04. The van der Waals surface area contributed by atoms with E-state index in [9.17, 15) is 18.0 Å². The van der Waals surface area contributed by atoms with Crippen LogP contribution in [0.1, 0.15) is 26.7 Å². The Hall–Kier alpha value is -0.950. The van der Waals surface area contributed by atoms with Crippen molar-refractivity contribution in [1.29, 1.82) is 0 Å². The van der Waals surface area contributed by atoms with Crippen LogP contribution in [0.3, 0.4) is 0 Å². The molecule has 0 spiro atoms. The van der Waals surface area contributed by atoms with Gasteiger partial charge in [0.15, 0.2) is 0 Å². The molecule has 100 valence electrons. The minimum absolute atomic E-state index is 0.00142. The Balaban J connectivity index is 4.03. The Bertz CT molecular complexity index is 374. The van der Waals surface area contributed by atoms with Crippen molar-refractivity contribution in [1.82, 2.24) is 4.90 Å². The number of Topliss-reactive ketones (excluding diaryl/α,β-unsaturated/α-hetero) is 1. The second kappa shape index (κ2) is 6.70. The number of carbonyl (C=O) groups excluding carboxylic acids is 2. The van der Waals surface area contributed by atoms with Gasteiger partial charge in [-0.15, -0.1) is 0 Å². The summed E-state index contributed by atoms with van der Waals surface area (Å²) in [6.07, 6.45) is 0.228. The van der Waals surface area contributed by atoms with E-state index < -0.39 is 15.9 Å². The second-order valence-electron chi connectivity index (χ2n) is 4.22. The van der Waals surface area contributed by atoms with E-state index in [1.807, 2.05) is 0 Å². The average molecular weight is 265 g/mol. The lowest BCUT2D eigenvalue weighted by atomic mass is 10.0. The molecule has 0 radical (unpaired) electrons. The van der Waals surface area contributed by atoms with Crippen molar-refractivity contribution in [3.63, 3.8) is 0 Å². The number of amides is 1. The summed E-state index contributed by atoms with van der Waals surface area (Å²) >= 11 is 0. The number of ketones is 1. The number of hydrogen-bond donors (Lipinski definition) is 1. The number of hydrogen-bond acceptors (Lipinski definition) is 4. The molecule has 0 atom stereocenters. The summed E-state index contributed by atoms with van der Waals surface area (Å²) in [6, 6.07) is 0. The first-order valence-corrected chi connectivity index (χ1v) is 6.96. The smallest absolute Gasteiger partial charge is 0.266 e.